The van der Waals surface area contributed by atoms with Gasteiger partial charge < -0.3 is 0 Å². The standard InChI is InChI=1S/CH3.Cl4Ge/c;1-5(2,3)4/h1H3;. The zero-order valence-electron chi connectivity index (χ0n) is 3.01. The van der Waals surface area contributed by atoms with Crippen LogP contribution < -0.4 is 0 Å². The Hall–Kier alpha value is 1.70. The van der Waals surface area contributed by atoms with E-state index in [-0.39, 0.29) is 7.43 Å². The number of halogens is 4. The van der Waals surface area contributed by atoms with Gasteiger partial charge >= 0.3 is 49.6 Å². The van der Waals surface area contributed by atoms with Crippen LogP contribution in [0.3, 0.4) is 0 Å². The molecule has 39 valence electrons. The Morgan fingerprint density at radius 3 is 0.833 bits per heavy atom. The van der Waals surface area contributed by atoms with Crippen molar-refractivity contribution in [2.75, 3.05) is 0 Å². The van der Waals surface area contributed by atoms with Crippen LogP contribution in [0.1, 0.15) is 0 Å². The van der Waals surface area contributed by atoms with Gasteiger partial charge in [0.1, 0.15) is 0 Å². The molecule has 0 heterocycles. The third-order valence-corrected chi connectivity index (χ3v) is 0. The molecule has 0 bridgehead atoms. The Morgan fingerprint density at radius 1 is 0.833 bits per heavy atom. The summed E-state index contributed by atoms with van der Waals surface area (Å²) in [6, 6.07) is 0. The van der Waals surface area contributed by atoms with Crippen molar-refractivity contribution in [2.24, 2.45) is 0 Å². The summed E-state index contributed by atoms with van der Waals surface area (Å²) < 4.78 is 0. The molecule has 0 saturated carbocycles. The van der Waals surface area contributed by atoms with Crippen molar-refractivity contribution in [3.63, 3.8) is 0 Å². The van der Waals surface area contributed by atoms with Gasteiger partial charge in [-0.3, -0.25) is 0 Å². The van der Waals surface area contributed by atoms with Crippen molar-refractivity contribution >= 4 is 49.6 Å². The summed E-state index contributed by atoms with van der Waals surface area (Å²) in [5.74, 6) is 0. The zero-order chi connectivity index (χ0) is 4.50. The Morgan fingerprint density at radius 2 is 0.833 bits per heavy atom. The van der Waals surface area contributed by atoms with Gasteiger partial charge in [0.25, 0.3) is 0 Å². The van der Waals surface area contributed by atoms with Gasteiger partial charge in [0.2, 0.25) is 0 Å². The van der Waals surface area contributed by atoms with Crippen molar-refractivity contribution in [1.29, 1.82) is 0 Å². The van der Waals surface area contributed by atoms with Gasteiger partial charge in [-0.25, -0.2) is 0 Å². The van der Waals surface area contributed by atoms with Crippen LogP contribution in [0.2, 0.25) is 0 Å². The summed E-state index contributed by atoms with van der Waals surface area (Å²) in [6.07, 6.45) is 0. The van der Waals surface area contributed by atoms with Crippen molar-refractivity contribution in [1.82, 2.24) is 0 Å². The maximum atomic E-state index is 5.01. The normalized spacial score (nSPS) is 10.0. The SMILES string of the molecule is [CH3].[Cl][Ge]([Cl])([Cl])[Cl]. The molecule has 0 unspecified atom stereocenters. The average Bonchev–Trinajstić information content (AvgIpc) is 0.722. The summed E-state index contributed by atoms with van der Waals surface area (Å²) in [7, 11) is 16.9. The van der Waals surface area contributed by atoms with E-state index in [2.05, 4.69) is 0 Å². The second kappa shape index (κ2) is 3.67. The van der Waals surface area contributed by atoms with Crippen molar-refractivity contribution in [2.45, 2.75) is 0 Å². The van der Waals surface area contributed by atoms with E-state index in [9.17, 15) is 0 Å². The molecule has 0 nitrogen and oxygen atoms in total. The van der Waals surface area contributed by atoms with Crippen LogP contribution in [-0.2, 0) is 0 Å². The number of rotatable bonds is 0. The summed E-state index contributed by atoms with van der Waals surface area (Å²) in [5.41, 5.74) is 0. The topological polar surface area (TPSA) is 0 Å². The minimum absolute atomic E-state index is 0. The first-order chi connectivity index (χ1) is 2.00. The molecule has 0 amide bonds. The molecule has 0 aliphatic rings. The Balaban J connectivity index is 0. The zero-order valence-corrected chi connectivity index (χ0v) is 8.13. The quantitative estimate of drug-likeness (QED) is 0.560. The Kier molecular flexibility index (Phi) is 6.52. The molecule has 0 saturated heterocycles. The second-order valence-corrected chi connectivity index (χ2v) is 20.0. The molecular weight excluding hydrogens is 226 g/mol. The first kappa shape index (κ1) is 10.6. The molecule has 0 aliphatic carbocycles. The summed E-state index contributed by atoms with van der Waals surface area (Å²) >= 11 is 0. The average molecular weight is 229 g/mol. The third kappa shape index (κ3) is 43.5. The molecule has 0 spiro atoms. The third-order valence-electron chi connectivity index (χ3n) is 0. The predicted molar refractivity (Wildman–Crippen MR) is 35.6 cm³/mol. The van der Waals surface area contributed by atoms with Crippen LogP contribution in [0.25, 0.3) is 0 Å². The summed E-state index contributed by atoms with van der Waals surface area (Å²) in [6.45, 7) is 0. The molecule has 1 radical (unpaired) electrons. The van der Waals surface area contributed by atoms with E-state index in [1.165, 1.54) is 0 Å². The van der Waals surface area contributed by atoms with E-state index in [1.54, 1.807) is 0 Å². The van der Waals surface area contributed by atoms with Crippen LogP contribution in [-0.4, -0.2) is 9.55 Å². The van der Waals surface area contributed by atoms with Crippen LogP contribution in [0.5, 0.6) is 0 Å². The minimum atomic E-state index is -3.11. The van der Waals surface area contributed by atoms with E-state index in [1.807, 2.05) is 0 Å². The van der Waals surface area contributed by atoms with Crippen LogP contribution in [0, 0.1) is 7.43 Å². The molecule has 0 atom stereocenters. The molecule has 0 aliphatic heterocycles. The van der Waals surface area contributed by atoms with Gasteiger partial charge in [-0.2, -0.15) is 0 Å². The van der Waals surface area contributed by atoms with Crippen LogP contribution in [0.15, 0.2) is 0 Å². The van der Waals surface area contributed by atoms with E-state index in [4.69, 9.17) is 40.0 Å². The Bertz CT molecular complexity index is 23.0. The monoisotopic (exact) mass is 229 g/mol. The van der Waals surface area contributed by atoms with Gasteiger partial charge in [0.15, 0.2) is 0 Å². The van der Waals surface area contributed by atoms with E-state index >= 15 is 0 Å². The predicted octanol–water partition coefficient (Wildman–Crippen LogP) is 2.83. The van der Waals surface area contributed by atoms with Crippen molar-refractivity contribution < 1.29 is 0 Å². The van der Waals surface area contributed by atoms with Gasteiger partial charge in [0, 0.05) is 0 Å². The number of hydrogen-bond donors (Lipinski definition) is 0. The van der Waals surface area contributed by atoms with Crippen LogP contribution in [0.4, 0.5) is 0 Å². The summed E-state index contributed by atoms with van der Waals surface area (Å²) in [5, 5.41) is 0. The van der Waals surface area contributed by atoms with Gasteiger partial charge in [-0.1, -0.05) is 7.43 Å². The fourth-order valence-electron chi connectivity index (χ4n) is 0. The second-order valence-electron chi connectivity index (χ2n) is 0.429. The first-order valence-corrected chi connectivity index (χ1v) is 11.8. The summed E-state index contributed by atoms with van der Waals surface area (Å²) in [4.78, 5) is 0. The molecule has 0 aromatic heterocycles. The molecule has 0 N–H and O–H groups in total. The fourth-order valence-corrected chi connectivity index (χ4v) is 0. The van der Waals surface area contributed by atoms with E-state index < -0.39 is 9.55 Å². The molecular formula is CH3Cl4Ge. The van der Waals surface area contributed by atoms with Crippen molar-refractivity contribution in [3.8, 4) is 0 Å². The Labute approximate surface area is 56.8 Å². The van der Waals surface area contributed by atoms with Gasteiger partial charge in [-0.05, 0) is 0 Å². The molecule has 6 heavy (non-hydrogen) atoms. The number of hydrogen-bond acceptors (Lipinski definition) is 0. The molecule has 0 aromatic carbocycles. The maximum absolute atomic E-state index is 5.01. The molecule has 0 aromatic rings. The van der Waals surface area contributed by atoms with Gasteiger partial charge in [-0.15, -0.1) is 0 Å². The molecule has 0 rings (SSSR count). The fraction of sp³-hybridized carbons (Fsp3) is 0. The molecule has 0 fully saturated rings. The molecule has 5 heteroatoms. The van der Waals surface area contributed by atoms with Crippen molar-refractivity contribution in [3.05, 3.63) is 7.43 Å². The van der Waals surface area contributed by atoms with Gasteiger partial charge in [0.05, 0.1) is 0 Å². The van der Waals surface area contributed by atoms with Crippen LogP contribution >= 0.6 is 40.0 Å². The first-order valence-electron chi connectivity index (χ1n) is 0.756. The van der Waals surface area contributed by atoms with E-state index in [0.29, 0.717) is 0 Å². The van der Waals surface area contributed by atoms with E-state index in [0.717, 1.165) is 0 Å².